The molecule has 1 amide bonds. The minimum Gasteiger partial charge on any atom is -0.508 e. The van der Waals surface area contributed by atoms with E-state index in [9.17, 15) is 9.90 Å². The van der Waals surface area contributed by atoms with Crippen LogP contribution in [0.4, 0.5) is 4.79 Å². The Morgan fingerprint density at radius 2 is 1.70 bits per heavy atom. The van der Waals surface area contributed by atoms with E-state index in [-0.39, 0.29) is 18.9 Å². The molecule has 0 aromatic heterocycles. The van der Waals surface area contributed by atoms with Gasteiger partial charge < -0.3 is 15.2 Å². The van der Waals surface area contributed by atoms with E-state index in [1.54, 1.807) is 6.07 Å². The molecule has 0 spiro atoms. The second-order valence-corrected chi connectivity index (χ2v) is 5.20. The van der Waals surface area contributed by atoms with E-state index in [0.29, 0.717) is 5.56 Å². The summed E-state index contributed by atoms with van der Waals surface area (Å²) in [6, 6.07) is 20.7. The predicted octanol–water partition coefficient (Wildman–Crippen LogP) is 3.97. The Balaban J connectivity index is 1.64. The average molecular weight is 307 g/mol. The van der Waals surface area contributed by atoms with Gasteiger partial charge in [0.2, 0.25) is 0 Å². The molecule has 2 N–H and O–H groups in total. The number of hydrogen-bond acceptors (Lipinski definition) is 3. The molecule has 0 aliphatic carbocycles. The van der Waals surface area contributed by atoms with Crippen molar-refractivity contribution >= 4 is 16.9 Å². The summed E-state index contributed by atoms with van der Waals surface area (Å²) in [5.74, 6) is 0.159. The smallest absolute Gasteiger partial charge is 0.407 e. The highest BCUT2D eigenvalue weighted by Crippen LogP contribution is 2.26. The monoisotopic (exact) mass is 307 g/mol. The molecule has 23 heavy (non-hydrogen) atoms. The van der Waals surface area contributed by atoms with Crippen LogP contribution in [0.25, 0.3) is 10.8 Å². The lowest BCUT2D eigenvalue weighted by Crippen LogP contribution is -2.23. The summed E-state index contributed by atoms with van der Waals surface area (Å²) in [5.41, 5.74) is 1.61. The lowest BCUT2D eigenvalue weighted by Gasteiger charge is -2.11. The van der Waals surface area contributed by atoms with Gasteiger partial charge in [-0.2, -0.15) is 0 Å². The van der Waals surface area contributed by atoms with Crippen molar-refractivity contribution in [3.05, 3.63) is 77.9 Å². The minimum absolute atomic E-state index is 0.159. The topological polar surface area (TPSA) is 58.6 Å². The maximum absolute atomic E-state index is 11.8. The highest BCUT2D eigenvalue weighted by atomic mass is 16.5. The van der Waals surface area contributed by atoms with Crippen LogP contribution in [0.5, 0.6) is 5.75 Å². The van der Waals surface area contributed by atoms with Gasteiger partial charge >= 0.3 is 6.09 Å². The van der Waals surface area contributed by atoms with Crippen LogP contribution in [0, 0.1) is 0 Å². The van der Waals surface area contributed by atoms with Crippen LogP contribution < -0.4 is 5.32 Å². The van der Waals surface area contributed by atoms with Gasteiger partial charge in [0.1, 0.15) is 12.4 Å². The quantitative estimate of drug-likeness (QED) is 0.766. The molecule has 0 aliphatic heterocycles. The van der Waals surface area contributed by atoms with Crippen LogP contribution in [-0.4, -0.2) is 11.2 Å². The minimum atomic E-state index is -0.513. The Morgan fingerprint density at radius 1 is 0.957 bits per heavy atom. The Hall–Kier alpha value is -3.01. The van der Waals surface area contributed by atoms with Crippen LogP contribution in [0.3, 0.4) is 0 Å². The van der Waals surface area contributed by atoms with Gasteiger partial charge in [0.15, 0.2) is 0 Å². The second kappa shape index (κ2) is 6.83. The number of ether oxygens (including phenoxy) is 1. The largest absolute Gasteiger partial charge is 0.508 e. The average Bonchev–Trinajstić information content (AvgIpc) is 2.60. The second-order valence-electron chi connectivity index (χ2n) is 5.20. The normalized spacial score (nSPS) is 10.4. The van der Waals surface area contributed by atoms with E-state index in [1.165, 1.54) is 0 Å². The van der Waals surface area contributed by atoms with Gasteiger partial charge in [-0.25, -0.2) is 4.79 Å². The Labute approximate surface area is 134 Å². The fraction of sp³-hybridized carbons (Fsp3) is 0.105. The number of fused-ring (bicyclic) bond motifs is 1. The number of benzene rings is 3. The molecular formula is C19H17NO3. The van der Waals surface area contributed by atoms with Crippen LogP contribution in [0.2, 0.25) is 0 Å². The maximum Gasteiger partial charge on any atom is 0.407 e. The molecule has 3 rings (SSSR count). The molecule has 0 unspecified atom stereocenters. The molecule has 0 bridgehead atoms. The number of nitrogens with one attached hydrogen (secondary N) is 1. The number of aromatic hydroxyl groups is 1. The van der Waals surface area contributed by atoms with Crippen molar-refractivity contribution in [1.82, 2.24) is 5.32 Å². The predicted molar refractivity (Wildman–Crippen MR) is 89.1 cm³/mol. The fourth-order valence-electron chi connectivity index (χ4n) is 2.44. The first-order chi connectivity index (χ1) is 11.2. The zero-order chi connectivity index (χ0) is 16.1. The standard InChI is InChI=1S/C19H17NO3/c21-18-11-10-15-8-4-5-9-16(15)17(18)12-20-19(22)23-13-14-6-2-1-3-7-14/h1-11,21H,12-13H2,(H,20,22). The van der Waals surface area contributed by atoms with Crippen molar-refractivity contribution in [3.8, 4) is 5.75 Å². The molecule has 4 heteroatoms. The Bertz CT molecular complexity index is 815. The molecule has 3 aromatic rings. The van der Waals surface area contributed by atoms with Gasteiger partial charge in [-0.05, 0) is 22.4 Å². The summed E-state index contributed by atoms with van der Waals surface area (Å²) in [4.78, 5) is 11.8. The summed E-state index contributed by atoms with van der Waals surface area (Å²) < 4.78 is 5.17. The molecule has 0 fully saturated rings. The molecule has 0 aliphatic rings. The summed E-state index contributed by atoms with van der Waals surface area (Å²) in [7, 11) is 0. The number of amides is 1. The van der Waals surface area contributed by atoms with Crippen molar-refractivity contribution in [1.29, 1.82) is 0 Å². The van der Waals surface area contributed by atoms with Gasteiger partial charge in [-0.3, -0.25) is 0 Å². The summed E-state index contributed by atoms with van der Waals surface area (Å²) >= 11 is 0. The van der Waals surface area contributed by atoms with Gasteiger partial charge in [-0.15, -0.1) is 0 Å². The van der Waals surface area contributed by atoms with Crippen molar-refractivity contribution in [3.63, 3.8) is 0 Å². The Kier molecular flexibility index (Phi) is 4.43. The molecule has 116 valence electrons. The number of hydrogen-bond donors (Lipinski definition) is 2. The van der Waals surface area contributed by atoms with E-state index in [4.69, 9.17) is 4.74 Å². The van der Waals surface area contributed by atoms with Gasteiger partial charge in [-0.1, -0.05) is 60.7 Å². The molecule has 0 radical (unpaired) electrons. The number of phenols is 1. The lowest BCUT2D eigenvalue weighted by atomic mass is 10.0. The summed E-state index contributed by atoms with van der Waals surface area (Å²) in [6.45, 7) is 0.426. The first-order valence-corrected chi connectivity index (χ1v) is 7.38. The van der Waals surface area contributed by atoms with Crippen LogP contribution in [-0.2, 0) is 17.9 Å². The van der Waals surface area contributed by atoms with Crippen LogP contribution in [0.15, 0.2) is 66.7 Å². The van der Waals surface area contributed by atoms with Gasteiger partial charge in [0, 0.05) is 5.56 Å². The highest BCUT2D eigenvalue weighted by molar-refractivity contribution is 5.88. The van der Waals surface area contributed by atoms with E-state index in [2.05, 4.69) is 5.32 Å². The number of rotatable bonds is 4. The van der Waals surface area contributed by atoms with Crippen molar-refractivity contribution in [2.24, 2.45) is 0 Å². The number of alkyl carbamates (subject to hydrolysis) is 1. The third kappa shape index (κ3) is 3.61. The summed E-state index contributed by atoms with van der Waals surface area (Å²) in [5, 5.41) is 14.6. The third-order valence-corrected chi connectivity index (χ3v) is 3.64. The third-order valence-electron chi connectivity index (χ3n) is 3.64. The van der Waals surface area contributed by atoms with E-state index >= 15 is 0 Å². The van der Waals surface area contributed by atoms with Crippen LogP contribution >= 0.6 is 0 Å². The fourth-order valence-corrected chi connectivity index (χ4v) is 2.44. The molecule has 0 atom stereocenters. The molecule has 0 heterocycles. The molecule has 4 nitrogen and oxygen atoms in total. The number of carbonyl (C=O) groups is 1. The molecule has 0 saturated heterocycles. The van der Waals surface area contributed by atoms with E-state index in [0.717, 1.165) is 16.3 Å². The molecule has 3 aromatic carbocycles. The number of phenolic OH excluding ortho intramolecular Hbond substituents is 1. The first-order valence-electron chi connectivity index (χ1n) is 7.38. The van der Waals surface area contributed by atoms with Gasteiger partial charge in [0.05, 0.1) is 6.54 Å². The van der Waals surface area contributed by atoms with Crippen LogP contribution in [0.1, 0.15) is 11.1 Å². The van der Waals surface area contributed by atoms with E-state index in [1.807, 2.05) is 60.7 Å². The number of carbonyl (C=O) groups excluding carboxylic acids is 1. The zero-order valence-corrected chi connectivity index (χ0v) is 12.5. The Morgan fingerprint density at radius 3 is 2.52 bits per heavy atom. The highest BCUT2D eigenvalue weighted by Gasteiger charge is 2.09. The maximum atomic E-state index is 11.8. The van der Waals surface area contributed by atoms with E-state index < -0.39 is 6.09 Å². The molecular weight excluding hydrogens is 290 g/mol. The first kappa shape index (κ1) is 14.9. The molecule has 0 saturated carbocycles. The zero-order valence-electron chi connectivity index (χ0n) is 12.5. The lowest BCUT2D eigenvalue weighted by molar-refractivity contribution is 0.139. The van der Waals surface area contributed by atoms with Gasteiger partial charge in [0.25, 0.3) is 0 Å². The van der Waals surface area contributed by atoms with Crippen molar-refractivity contribution in [2.45, 2.75) is 13.2 Å². The van der Waals surface area contributed by atoms with Crippen molar-refractivity contribution < 1.29 is 14.6 Å². The SMILES string of the molecule is O=C(NCc1c(O)ccc2ccccc12)OCc1ccccc1. The summed E-state index contributed by atoms with van der Waals surface area (Å²) in [6.07, 6.45) is -0.513. The van der Waals surface area contributed by atoms with Crippen molar-refractivity contribution in [2.75, 3.05) is 0 Å².